The van der Waals surface area contributed by atoms with Crippen molar-refractivity contribution in [3.05, 3.63) is 54.0 Å². The third kappa shape index (κ3) is 3.93. The highest BCUT2D eigenvalue weighted by atomic mass is 16.5. The predicted octanol–water partition coefficient (Wildman–Crippen LogP) is 2.82. The zero-order valence-corrected chi connectivity index (χ0v) is 13.2. The van der Waals surface area contributed by atoms with Crippen molar-refractivity contribution in [2.45, 2.75) is 18.9 Å². The van der Waals surface area contributed by atoms with Crippen molar-refractivity contribution in [3.63, 3.8) is 0 Å². The third-order valence-electron chi connectivity index (χ3n) is 4.04. The standard InChI is InChI=1S/C18H21NO4/c1-21-15-5-2-4-14(12-15)7-8-18(20)19-9-11-23-17(13-19)16-6-3-10-22-16/h2-6,10,12,17H,7-9,11,13H2,1H3/t17-/m1/s1. The molecule has 1 aromatic carbocycles. The van der Waals surface area contributed by atoms with Crippen molar-refractivity contribution >= 4 is 5.91 Å². The van der Waals surface area contributed by atoms with Crippen LogP contribution in [0.15, 0.2) is 47.1 Å². The van der Waals surface area contributed by atoms with Crippen molar-refractivity contribution in [2.75, 3.05) is 26.8 Å². The van der Waals surface area contributed by atoms with Crippen LogP contribution in [-0.2, 0) is 16.0 Å². The lowest BCUT2D eigenvalue weighted by atomic mass is 10.1. The zero-order valence-electron chi connectivity index (χ0n) is 13.2. The maximum atomic E-state index is 12.4. The largest absolute Gasteiger partial charge is 0.497 e. The lowest BCUT2D eigenvalue weighted by Crippen LogP contribution is -2.42. The number of furan rings is 1. The Kier molecular flexibility index (Phi) is 4.98. The van der Waals surface area contributed by atoms with Gasteiger partial charge in [0.05, 0.1) is 26.5 Å². The van der Waals surface area contributed by atoms with E-state index in [1.54, 1.807) is 13.4 Å². The zero-order chi connectivity index (χ0) is 16.1. The first-order valence-electron chi connectivity index (χ1n) is 7.82. The van der Waals surface area contributed by atoms with Gasteiger partial charge in [0.25, 0.3) is 0 Å². The van der Waals surface area contributed by atoms with E-state index in [2.05, 4.69) is 0 Å². The first kappa shape index (κ1) is 15.6. The molecular formula is C18H21NO4. The second kappa shape index (κ2) is 7.33. The van der Waals surface area contributed by atoms with Gasteiger partial charge in [-0.1, -0.05) is 12.1 Å². The number of aryl methyl sites for hydroxylation is 1. The van der Waals surface area contributed by atoms with E-state index in [9.17, 15) is 4.79 Å². The lowest BCUT2D eigenvalue weighted by molar-refractivity contribution is -0.139. The van der Waals surface area contributed by atoms with Crippen LogP contribution >= 0.6 is 0 Å². The number of nitrogens with zero attached hydrogens (tertiary/aromatic N) is 1. The molecule has 1 aliphatic rings. The van der Waals surface area contributed by atoms with Crippen LogP contribution in [0.25, 0.3) is 0 Å². The van der Waals surface area contributed by atoms with E-state index in [1.165, 1.54) is 0 Å². The molecule has 1 aromatic heterocycles. The smallest absolute Gasteiger partial charge is 0.223 e. The van der Waals surface area contributed by atoms with Gasteiger partial charge in [0.1, 0.15) is 17.6 Å². The van der Waals surface area contributed by atoms with E-state index in [1.807, 2.05) is 41.3 Å². The minimum absolute atomic E-state index is 0.146. The highest BCUT2D eigenvalue weighted by Crippen LogP contribution is 2.23. The fourth-order valence-electron chi connectivity index (χ4n) is 2.76. The Morgan fingerprint density at radius 3 is 3.04 bits per heavy atom. The number of amides is 1. The Bertz CT molecular complexity index is 638. The van der Waals surface area contributed by atoms with Crippen LogP contribution in [0, 0.1) is 0 Å². The van der Waals surface area contributed by atoms with Crippen LogP contribution in [0.3, 0.4) is 0 Å². The summed E-state index contributed by atoms with van der Waals surface area (Å²) in [5.41, 5.74) is 1.11. The fraction of sp³-hybridized carbons (Fsp3) is 0.389. The summed E-state index contributed by atoms with van der Waals surface area (Å²) in [6, 6.07) is 11.6. The number of benzene rings is 1. The van der Waals surface area contributed by atoms with Gasteiger partial charge in [0, 0.05) is 13.0 Å². The molecule has 2 heterocycles. The first-order valence-corrected chi connectivity index (χ1v) is 7.82. The molecule has 5 nitrogen and oxygen atoms in total. The van der Waals surface area contributed by atoms with E-state index >= 15 is 0 Å². The van der Waals surface area contributed by atoms with Gasteiger partial charge in [-0.3, -0.25) is 4.79 Å². The molecule has 1 aliphatic heterocycles. The number of hydrogen-bond acceptors (Lipinski definition) is 4. The monoisotopic (exact) mass is 315 g/mol. The molecule has 0 N–H and O–H groups in total. The summed E-state index contributed by atoms with van der Waals surface area (Å²) < 4.78 is 16.3. The highest BCUT2D eigenvalue weighted by Gasteiger charge is 2.26. The molecule has 1 amide bonds. The van der Waals surface area contributed by atoms with Crippen LogP contribution < -0.4 is 4.74 Å². The van der Waals surface area contributed by atoms with Crippen LogP contribution in [0.5, 0.6) is 5.75 Å². The molecule has 0 saturated carbocycles. The van der Waals surface area contributed by atoms with Crippen molar-refractivity contribution in [1.29, 1.82) is 0 Å². The Morgan fingerprint density at radius 1 is 1.35 bits per heavy atom. The minimum Gasteiger partial charge on any atom is -0.497 e. The number of morpholine rings is 1. The molecular weight excluding hydrogens is 294 g/mol. The Labute approximate surface area is 135 Å². The molecule has 23 heavy (non-hydrogen) atoms. The van der Waals surface area contributed by atoms with Gasteiger partial charge in [-0.2, -0.15) is 0 Å². The number of carbonyl (C=O) groups is 1. The summed E-state index contributed by atoms with van der Waals surface area (Å²) >= 11 is 0. The second-order valence-corrected chi connectivity index (χ2v) is 5.57. The molecule has 0 radical (unpaired) electrons. The van der Waals surface area contributed by atoms with E-state index in [-0.39, 0.29) is 12.0 Å². The quantitative estimate of drug-likeness (QED) is 0.851. The Morgan fingerprint density at radius 2 is 2.26 bits per heavy atom. The number of hydrogen-bond donors (Lipinski definition) is 0. The summed E-state index contributed by atoms with van der Waals surface area (Å²) in [5, 5.41) is 0. The van der Waals surface area contributed by atoms with Crippen molar-refractivity contribution < 1.29 is 18.7 Å². The molecule has 3 rings (SSSR count). The van der Waals surface area contributed by atoms with Gasteiger partial charge in [0.15, 0.2) is 0 Å². The minimum atomic E-state index is -0.167. The summed E-state index contributed by atoms with van der Waals surface area (Å²) in [5.74, 6) is 1.74. The fourth-order valence-corrected chi connectivity index (χ4v) is 2.76. The SMILES string of the molecule is COc1cccc(CCC(=O)N2CCO[C@@H](c3ccco3)C2)c1. The lowest BCUT2D eigenvalue weighted by Gasteiger charge is -2.32. The van der Waals surface area contributed by atoms with Gasteiger partial charge in [-0.05, 0) is 36.2 Å². The molecule has 1 saturated heterocycles. The van der Waals surface area contributed by atoms with Gasteiger partial charge in [-0.15, -0.1) is 0 Å². The Hall–Kier alpha value is -2.27. The molecule has 1 atom stereocenters. The van der Waals surface area contributed by atoms with Gasteiger partial charge in [-0.25, -0.2) is 0 Å². The molecule has 0 aliphatic carbocycles. The molecule has 1 fully saturated rings. The summed E-state index contributed by atoms with van der Waals surface area (Å²) in [4.78, 5) is 14.3. The summed E-state index contributed by atoms with van der Waals surface area (Å²) in [7, 11) is 1.65. The number of methoxy groups -OCH3 is 1. The summed E-state index contributed by atoms with van der Waals surface area (Å²) in [6.07, 6.45) is 2.65. The predicted molar refractivity (Wildman–Crippen MR) is 85.3 cm³/mol. The maximum Gasteiger partial charge on any atom is 0.223 e. The highest BCUT2D eigenvalue weighted by molar-refractivity contribution is 5.76. The number of rotatable bonds is 5. The second-order valence-electron chi connectivity index (χ2n) is 5.57. The third-order valence-corrected chi connectivity index (χ3v) is 4.04. The molecule has 0 bridgehead atoms. The molecule has 2 aromatic rings. The number of carbonyl (C=O) groups excluding carboxylic acids is 1. The van der Waals surface area contributed by atoms with E-state index in [0.717, 1.165) is 17.1 Å². The van der Waals surface area contributed by atoms with E-state index in [4.69, 9.17) is 13.9 Å². The Balaban J connectivity index is 1.55. The summed E-state index contributed by atoms with van der Waals surface area (Å²) in [6.45, 7) is 1.72. The van der Waals surface area contributed by atoms with E-state index in [0.29, 0.717) is 32.5 Å². The van der Waals surface area contributed by atoms with Gasteiger partial charge in [0.2, 0.25) is 5.91 Å². The van der Waals surface area contributed by atoms with Crippen molar-refractivity contribution in [1.82, 2.24) is 4.90 Å². The average Bonchev–Trinajstić information content (AvgIpc) is 3.14. The van der Waals surface area contributed by atoms with Crippen LogP contribution in [0.4, 0.5) is 0 Å². The van der Waals surface area contributed by atoms with Crippen molar-refractivity contribution in [3.8, 4) is 5.75 Å². The normalized spacial score (nSPS) is 18.0. The maximum absolute atomic E-state index is 12.4. The van der Waals surface area contributed by atoms with E-state index < -0.39 is 0 Å². The van der Waals surface area contributed by atoms with Crippen LogP contribution in [0.1, 0.15) is 23.8 Å². The van der Waals surface area contributed by atoms with Crippen LogP contribution in [-0.4, -0.2) is 37.6 Å². The van der Waals surface area contributed by atoms with Crippen molar-refractivity contribution in [2.24, 2.45) is 0 Å². The average molecular weight is 315 g/mol. The molecule has 0 unspecified atom stereocenters. The van der Waals surface area contributed by atoms with Gasteiger partial charge >= 0.3 is 0 Å². The molecule has 5 heteroatoms. The number of ether oxygens (including phenoxy) is 2. The molecule has 122 valence electrons. The first-order chi connectivity index (χ1) is 11.3. The molecule has 0 spiro atoms. The van der Waals surface area contributed by atoms with Crippen LogP contribution in [0.2, 0.25) is 0 Å². The topological polar surface area (TPSA) is 51.9 Å². The van der Waals surface area contributed by atoms with Gasteiger partial charge < -0.3 is 18.8 Å².